The van der Waals surface area contributed by atoms with Crippen LogP contribution in [0.2, 0.25) is 10.0 Å². The van der Waals surface area contributed by atoms with Crippen molar-refractivity contribution in [2.24, 2.45) is 0 Å². The molecule has 0 radical (unpaired) electrons. The predicted octanol–water partition coefficient (Wildman–Crippen LogP) is 2.93. The van der Waals surface area contributed by atoms with Crippen molar-refractivity contribution in [3.8, 4) is 0 Å². The summed E-state index contributed by atoms with van der Waals surface area (Å²) < 4.78 is 0. The van der Waals surface area contributed by atoms with Crippen molar-refractivity contribution in [2.75, 3.05) is 6.54 Å². The summed E-state index contributed by atoms with van der Waals surface area (Å²) in [6.45, 7) is 3.67. The van der Waals surface area contributed by atoms with Gasteiger partial charge in [-0.1, -0.05) is 59.6 Å². The van der Waals surface area contributed by atoms with E-state index in [1.807, 2.05) is 48.6 Å². The molecular formula is C20H23Cl2N2O2+. The lowest BCUT2D eigenvalue weighted by molar-refractivity contribution is -0.682. The van der Waals surface area contributed by atoms with Crippen LogP contribution in [0.4, 0.5) is 0 Å². The van der Waals surface area contributed by atoms with E-state index >= 15 is 0 Å². The Morgan fingerprint density at radius 1 is 1.12 bits per heavy atom. The number of carbonyl (C=O) groups is 2. The Balaban J connectivity index is 1.90. The maximum atomic E-state index is 12.3. The highest BCUT2D eigenvalue weighted by molar-refractivity contribution is 6.35. The van der Waals surface area contributed by atoms with Gasteiger partial charge >= 0.3 is 0 Å². The van der Waals surface area contributed by atoms with E-state index in [0.717, 1.165) is 11.1 Å². The first-order valence-electron chi connectivity index (χ1n) is 8.49. The van der Waals surface area contributed by atoms with Crippen molar-refractivity contribution in [3.05, 3.63) is 69.7 Å². The molecule has 2 atom stereocenters. The van der Waals surface area contributed by atoms with Crippen LogP contribution in [0.3, 0.4) is 0 Å². The van der Waals surface area contributed by atoms with Crippen molar-refractivity contribution in [1.82, 2.24) is 5.32 Å². The molecule has 0 unspecified atom stereocenters. The molecule has 4 nitrogen and oxygen atoms in total. The number of amides is 1. The number of hydrogen-bond acceptors (Lipinski definition) is 2. The Bertz CT molecular complexity index is 766. The van der Waals surface area contributed by atoms with Crippen molar-refractivity contribution in [3.63, 3.8) is 0 Å². The zero-order valence-electron chi connectivity index (χ0n) is 14.8. The van der Waals surface area contributed by atoms with E-state index in [0.29, 0.717) is 16.5 Å². The first-order chi connectivity index (χ1) is 12.4. The van der Waals surface area contributed by atoms with Gasteiger partial charge in [-0.15, -0.1) is 0 Å². The predicted molar refractivity (Wildman–Crippen MR) is 104 cm³/mol. The number of quaternary nitrogens is 1. The largest absolute Gasteiger partial charge is 0.341 e. The Morgan fingerprint density at radius 2 is 1.81 bits per heavy atom. The van der Waals surface area contributed by atoms with Crippen LogP contribution >= 0.6 is 23.2 Å². The van der Waals surface area contributed by atoms with Gasteiger partial charge in [0.2, 0.25) is 0 Å². The highest BCUT2D eigenvalue weighted by atomic mass is 35.5. The molecule has 26 heavy (non-hydrogen) atoms. The minimum atomic E-state index is -0.521. The minimum absolute atomic E-state index is 0.00424. The molecule has 0 fully saturated rings. The number of carbonyl (C=O) groups excluding carboxylic acids is 2. The lowest BCUT2D eigenvalue weighted by atomic mass is 10.0. The molecule has 0 saturated carbocycles. The molecule has 0 aromatic heterocycles. The van der Waals surface area contributed by atoms with Gasteiger partial charge in [-0.2, -0.15) is 0 Å². The maximum absolute atomic E-state index is 12.3. The highest BCUT2D eigenvalue weighted by Gasteiger charge is 2.20. The van der Waals surface area contributed by atoms with Crippen LogP contribution in [0.5, 0.6) is 0 Å². The van der Waals surface area contributed by atoms with Gasteiger partial charge in [0.15, 0.2) is 12.3 Å². The number of Topliss-reactive ketones (excluding diaryl/α,β-unsaturated/α-hetero) is 1. The minimum Gasteiger partial charge on any atom is -0.341 e. The van der Waals surface area contributed by atoms with Crippen LogP contribution in [-0.2, 0) is 16.0 Å². The third-order valence-corrected chi connectivity index (χ3v) is 4.78. The molecule has 0 heterocycles. The summed E-state index contributed by atoms with van der Waals surface area (Å²) in [5, 5.41) is 5.85. The third kappa shape index (κ3) is 6.13. The highest BCUT2D eigenvalue weighted by Crippen LogP contribution is 2.24. The second-order valence-corrected chi connectivity index (χ2v) is 7.16. The summed E-state index contributed by atoms with van der Waals surface area (Å²) in [5.41, 5.74) is 1.93. The van der Waals surface area contributed by atoms with Crippen LogP contribution in [-0.4, -0.2) is 24.3 Å². The average molecular weight is 394 g/mol. The number of ketones is 1. The van der Waals surface area contributed by atoms with Crippen molar-refractivity contribution >= 4 is 34.9 Å². The van der Waals surface area contributed by atoms with Crippen LogP contribution in [0.15, 0.2) is 48.5 Å². The molecule has 2 aromatic rings. The van der Waals surface area contributed by atoms with Crippen LogP contribution < -0.4 is 10.6 Å². The fourth-order valence-electron chi connectivity index (χ4n) is 2.68. The number of halogens is 2. The summed E-state index contributed by atoms with van der Waals surface area (Å²) in [6.07, 6.45) is 0.487. The van der Waals surface area contributed by atoms with Gasteiger partial charge in [0.1, 0.15) is 6.04 Å². The molecule has 138 valence electrons. The standard InChI is InChI=1S/C20H22Cl2N2O2/c1-13(17-9-8-16(21)11-18(17)22)23-12-20(26)24-19(14(2)25)10-15-6-4-3-5-7-15/h3-9,11,13,19,23H,10,12H2,1-2H3,(H,24,26)/p+1/t13-,19-/m0/s1. The lowest BCUT2D eigenvalue weighted by Gasteiger charge is -2.17. The molecule has 3 N–H and O–H groups in total. The van der Waals surface area contributed by atoms with Crippen LogP contribution in [0.25, 0.3) is 0 Å². The monoisotopic (exact) mass is 393 g/mol. The molecule has 6 heteroatoms. The zero-order chi connectivity index (χ0) is 19.1. The zero-order valence-corrected chi connectivity index (χ0v) is 16.3. The molecule has 0 aliphatic heterocycles. The molecule has 2 aromatic carbocycles. The smallest absolute Gasteiger partial charge is 0.275 e. The molecule has 0 aliphatic carbocycles. The number of nitrogens with two attached hydrogens (primary N) is 1. The molecule has 2 rings (SSSR count). The fraction of sp³-hybridized carbons (Fsp3) is 0.300. The normalized spacial score (nSPS) is 13.1. The summed E-state index contributed by atoms with van der Waals surface area (Å²) in [6, 6.07) is 14.4. The van der Waals surface area contributed by atoms with E-state index in [1.165, 1.54) is 6.92 Å². The second kappa shape index (κ2) is 9.72. The van der Waals surface area contributed by atoms with E-state index in [9.17, 15) is 9.59 Å². The molecule has 0 aliphatic rings. The average Bonchev–Trinajstić information content (AvgIpc) is 2.60. The van der Waals surface area contributed by atoms with Crippen molar-refractivity contribution < 1.29 is 14.9 Å². The number of hydrogen-bond donors (Lipinski definition) is 2. The third-order valence-electron chi connectivity index (χ3n) is 4.22. The van der Waals surface area contributed by atoms with Gasteiger partial charge in [-0.25, -0.2) is 0 Å². The van der Waals surface area contributed by atoms with E-state index in [-0.39, 0.29) is 24.3 Å². The van der Waals surface area contributed by atoms with Crippen molar-refractivity contribution in [1.29, 1.82) is 0 Å². The number of rotatable bonds is 8. The molecule has 0 spiro atoms. The second-order valence-electron chi connectivity index (χ2n) is 6.31. The Kier molecular flexibility index (Phi) is 7.64. The Labute approximate surface area is 163 Å². The van der Waals surface area contributed by atoms with Crippen LogP contribution in [0.1, 0.15) is 31.0 Å². The van der Waals surface area contributed by atoms with E-state index in [1.54, 1.807) is 12.1 Å². The number of benzene rings is 2. The summed E-state index contributed by atoms with van der Waals surface area (Å²) in [5.74, 6) is -0.242. The molecule has 0 bridgehead atoms. The van der Waals surface area contributed by atoms with Gasteiger partial charge in [-0.3, -0.25) is 9.59 Å². The molecular weight excluding hydrogens is 371 g/mol. The Hall–Kier alpha value is -1.88. The van der Waals surface area contributed by atoms with E-state index in [2.05, 4.69) is 5.32 Å². The summed E-state index contributed by atoms with van der Waals surface area (Å²) in [7, 11) is 0. The van der Waals surface area contributed by atoms with Gasteiger partial charge in [0.25, 0.3) is 5.91 Å². The summed E-state index contributed by atoms with van der Waals surface area (Å²) >= 11 is 12.1. The van der Waals surface area contributed by atoms with Gasteiger partial charge in [0.05, 0.1) is 11.1 Å². The fourth-order valence-corrected chi connectivity index (χ4v) is 3.26. The van der Waals surface area contributed by atoms with Crippen molar-refractivity contribution in [2.45, 2.75) is 32.4 Å². The van der Waals surface area contributed by atoms with Gasteiger partial charge < -0.3 is 10.6 Å². The topological polar surface area (TPSA) is 62.8 Å². The van der Waals surface area contributed by atoms with E-state index in [4.69, 9.17) is 23.2 Å². The summed E-state index contributed by atoms with van der Waals surface area (Å²) in [4.78, 5) is 24.1. The van der Waals surface area contributed by atoms with Gasteiger partial charge in [0, 0.05) is 10.6 Å². The van der Waals surface area contributed by atoms with Gasteiger partial charge in [-0.05, 0) is 38.0 Å². The van der Waals surface area contributed by atoms with E-state index < -0.39 is 6.04 Å². The van der Waals surface area contributed by atoms with Crippen LogP contribution in [0, 0.1) is 0 Å². The SMILES string of the molecule is CC(=O)[C@H](Cc1ccccc1)NC(=O)C[NH2+][C@@H](C)c1ccc(Cl)cc1Cl. The molecule has 1 amide bonds. The first-order valence-corrected chi connectivity index (χ1v) is 9.24. The number of nitrogens with one attached hydrogen (secondary N) is 1. The molecule has 0 saturated heterocycles. The lowest BCUT2D eigenvalue weighted by Crippen LogP contribution is -2.87. The maximum Gasteiger partial charge on any atom is 0.275 e. The first kappa shape index (κ1) is 20.4. The Morgan fingerprint density at radius 3 is 2.42 bits per heavy atom. The quantitative estimate of drug-likeness (QED) is 0.723.